The fraction of sp³-hybridized carbons (Fsp3) is 0.538. The number of hydrogen-bond donors (Lipinski definition) is 2. The van der Waals surface area contributed by atoms with Crippen LogP contribution in [0.3, 0.4) is 0 Å². The Hall–Kier alpha value is -1.42. The van der Waals surface area contributed by atoms with Crippen LogP contribution >= 0.6 is 0 Å². The van der Waals surface area contributed by atoms with E-state index in [-0.39, 0.29) is 5.91 Å². The monoisotopic (exact) mass is 235 g/mol. The minimum atomic E-state index is -0.396. The predicted octanol–water partition coefficient (Wildman–Crippen LogP) is 1.52. The minimum Gasteiger partial charge on any atom is -0.351 e. The summed E-state index contributed by atoms with van der Waals surface area (Å²) >= 11 is 0. The van der Waals surface area contributed by atoms with Crippen molar-refractivity contribution in [3.63, 3.8) is 0 Å². The van der Waals surface area contributed by atoms with Crippen LogP contribution in [0, 0.1) is 6.92 Å². The zero-order chi connectivity index (χ0) is 12.7. The number of unbranched alkanes of at least 4 members (excludes halogenated alkanes) is 1. The number of amides is 1. The molecule has 0 saturated heterocycles. The van der Waals surface area contributed by atoms with E-state index < -0.39 is 6.04 Å². The van der Waals surface area contributed by atoms with Gasteiger partial charge in [-0.2, -0.15) is 0 Å². The quantitative estimate of drug-likeness (QED) is 0.785. The van der Waals surface area contributed by atoms with Gasteiger partial charge >= 0.3 is 0 Å². The summed E-state index contributed by atoms with van der Waals surface area (Å²) < 4.78 is 0. The normalized spacial score (nSPS) is 12.2. The van der Waals surface area contributed by atoms with Gasteiger partial charge in [0.1, 0.15) is 0 Å². The van der Waals surface area contributed by atoms with E-state index in [1.165, 1.54) is 0 Å². The smallest absolute Gasteiger partial charge is 0.237 e. The van der Waals surface area contributed by atoms with Gasteiger partial charge in [-0.05, 0) is 30.5 Å². The van der Waals surface area contributed by atoms with Crippen molar-refractivity contribution in [3.05, 3.63) is 29.6 Å². The van der Waals surface area contributed by atoms with Crippen molar-refractivity contribution in [1.82, 2.24) is 10.3 Å². The first-order valence-electron chi connectivity index (χ1n) is 6.08. The number of nitrogens with zero attached hydrogens (tertiary/aromatic N) is 1. The van der Waals surface area contributed by atoms with E-state index >= 15 is 0 Å². The fourth-order valence-corrected chi connectivity index (χ4v) is 1.55. The summed E-state index contributed by atoms with van der Waals surface area (Å²) in [5, 5.41) is 2.84. The molecule has 94 valence electrons. The number of aromatic nitrogens is 1. The molecular weight excluding hydrogens is 214 g/mol. The molecule has 1 aromatic rings. The van der Waals surface area contributed by atoms with Crippen molar-refractivity contribution in [2.75, 3.05) is 0 Å². The Morgan fingerprint density at radius 2 is 2.35 bits per heavy atom. The number of hydrogen-bond acceptors (Lipinski definition) is 3. The van der Waals surface area contributed by atoms with Crippen LogP contribution in [0.25, 0.3) is 0 Å². The summed E-state index contributed by atoms with van der Waals surface area (Å²) in [6.07, 6.45) is 6.30. The first-order chi connectivity index (χ1) is 8.15. The highest BCUT2D eigenvalue weighted by Gasteiger charge is 2.12. The topological polar surface area (TPSA) is 68.0 Å². The molecule has 1 atom stereocenters. The van der Waals surface area contributed by atoms with E-state index in [1.807, 2.05) is 13.0 Å². The molecule has 4 nitrogen and oxygen atoms in total. The summed E-state index contributed by atoms with van der Waals surface area (Å²) in [5.41, 5.74) is 7.94. The van der Waals surface area contributed by atoms with Gasteiger partial charge in [0.05, 0.1) is 6.04 Å². The molecule has 0 aliphatic rings. The zero-order valence-corrected chi connectivity index (χ0v) is 10.6. The number of carbonyl (C=O) groups excluding carboxylic acids is 1. The van der Waals surface area contributed by atoms with Crippen LogP contribution in [-0.2, 0) is 11.3 Å². The van der Waals surface area contributed by atoms with E-state index in [2.05, 4.69) is 17.2 Å². The summed E-state index contributed by atoms with van der Waals surface area (Å²) in [7, 11) is 0. The Bertz CT molecular complexity index is 365. The third kappa shape index (κ3) is 4.53. The summed E-state index contributed by atoms with van der Waals surface area (Å²) in [4.78, 5) is 15.7. The first-order valence-corrected chi connectivity index (χ1v) is 6.08. The molecule has 0 aromatic carbocycles. The lowest BCUT2D eigenvalue weighted by molar-refractivity contribution is -0.122. The summed E-state index contributed by atoms with van der Waals surface area (Å²) in [5.74, 6) is -0.0818. The van der Waals surface area contributed by atoms with Crippen molar-refractivity contribution < 1.29 is 4.79 Å². The number of carbonyl (C=O) groups is 1. The maximum atomic E-state index is 11.7. The highest BCUT2D eigenvalue weighted by Crippen LogP contribution is 2.04. The number of nitrogens with two attached hydrogens (primary N) is 1. The van der Waals surface area contributed by atoms with Crippen LogP contribution in [0.1, 0.15) is 37.3 Å². The Morgan fingerprint density at radius 3 is 3.00 bits per heavy atom. The third-order valence-electron chi connectivity index (χ3n) is 2.81. The average Bonchev–Trinajstić information content (AvgIpc) is 2.34. The van der Waals surface area contributed by atoms with Crippen LogP contribution in [-0.4, -0.2) is 16.9 Å². The van der Waals surface area contributed by atoms with Gasteiger partial charge in [-0.3, -0.25) is 9.78 Å². The molecule has 1 heterocycles. The second-order valence-corrected chi connectivity index (χ2v) is 4.27. The highest BCUT2D eigenvalue weighted by molar-refractivity contribution is 5.81. The van der Waals surface area contributed by atoms with Gasteiger partial charge in [0.2, 0.25) is 5.91 Å². The number of aryl methyl sites for hydroxylation is 1. The predicted molar refractivity (Wildman–Crippen MR) is 68.3 cm³/mol. The summed E-state index contributed by atoms with van der Waals surface area (Å²) in [6, 6.07) is 1.53. The van der Waals surface area contributed by atoms with Crippen LogP contribution in [0.5, 0.6) is 0 Å². The van der Waals surface area contributed by atoms with Gasteiger partial charge in [0, 0.05) is 18.9 Å². The summed E-state index contributed by atoms with van der Waals surface area (Å²) in [6.45, 7) is 4.59. The molecule has 4 heteroatoms. The van der Waals surface area contributed by atoms with Gasteiger partial charge < -0.3 is 11.1 Å². The van der Waals surface area contributed by atoms with Crippen molar-refractivity contribution >= 4 is 5.91 Å². The lowest BCUT2D eigenvalue weighted by Crippen LogP contribution is -2.40. The number of nitrogens with one attached hydrogen (secondary N) is 1. The second kappa shape index (κ2) is 7.01. The average molecular weight is 235 g/mol. The van der Waals surface area contributed by atoms with E-state index in [0.29, 0.717) is 6.54 Å². The van der Waals surface area contributed by atoms with Crippen LogP contribution < -0.4 is 11.1 Å². The second-order valence-electron chi connectivity index (χ2n) is 4.27. The lowest BCUT2D eigenvalue weighted by atomic mass is 10.1. The van der Waals surface area contributed by atoms with E-state index in [9.17, 15) is 4.79 Å². The maximum absolute atomic E-state index is 11.7. The van der Waals surface area contributed by atoms with Crippen molar-refractivity contribution in [1.29, 1.82) is 0 Å². The standard InChI is InChI=1S/C13H21N3O/c1-3-4-5-12(14)13(17)16-9-11-8-15-7-6-10(11)2/h6-8,12H,3-5,9,14H2,1-2H3,(H,16,17)/t12-/m0/s1. The molecule has 0 unspecified atom stereocenters. The molecule has 0 radical (unpaired) electrons. The van der Waals surface area contributed by atoms with Gasteiger partial charge in [0.25, 0.3) is 0 Å². The molecule has 1 rings (SSSR count). The molecule has 0 fully saturated rings. The molecule has 0 aliphatic heterocycles. The molecule has 0 saturated carbocycles. The van der Waals surface area contributed by atoms with E-state index in [0.717, 1.165) is 30.4 Å². The SMILES string of the molecule is CCCC[C@H](N)C(=O)NCc1cnccc1C. The Balaban J connectivity index is 2.40. The van der Waals surface area contributed by atoms with Crippen molar-refractivity contribution in [2.24, 2.45) is 5.73 Å². The Morgan fingerprint density at radius 1 is 1.59 bits per heavy atom. The molecule has 0 spiro atoms. The van der Waals surface area contributed by atoms with Gasteiger partial charge in [-0.15, -0.1) is 0 Å². The van der Waals surface area contributed by atoms with Crippen LogP contribution in [0.4, 0.5) is 0 Å². The number of pyridine rings is 1. The molecule has 3 N–H and O–H groups in total. The molecule has 0 bridgehead atoms. The fourth-order valence-electron chi connectivity index (χ4n) is 1.55. The molecule has 1 aromatic heterocycles. The molecule has 1 amide bonds. The zero-order valence-electron chi connectivity index (χ0n) is 10.6. The van der Waals surface area contributed by atoms with Gasteiger partial charge in [-0.25, -0.2) is 0 Å². The Labute approximate surface area is 103 Å². The Kier molecular flexibility index (Phi) is 5.63. The first kappa shape index (κ1) is 13.6. The molecule has 0 aliphatic carbocycles. The van der Waals surface area contributed by atoms with Crippen molar-refractivity contribution in [3.8, 4) is 0 Å². The van der Waals surface area contributed by atoms with E-state index in [4.69, 9.17) is 5.73 Å². The highest BCUT2D eigenvalue weighted by atomic mass is 16.2. The minimum absolute atomic E-state index is 0.0818. The van der Waals surface area contributed by atoms with Crippen LogP contribution in [0.2, 0.25) is 0 Å². The maximum Gasteiger partial charge on any atom is 0.237 e. The van der Waals surface area contributed by atoms with Crippen molar-refractivity contribution in [2.45, 2.75) is 45.7 Å². The van der Waals surface area contributed by atoms with Gasteiger partial charge in [-0.1, -0.05) is 19.8 Å². The molecular formula is C13H21N3O. The lowest BCUT2D eigenvalue weighted by Gasteiger charge is -2.12. The molecule has 17 heavy (non-hydrogen) atoms. The number of rotatable bonds is 6. The third-order valence-corrected chi connectivity index (χ3v) is 2.81. The van der Waals surface area contributed by atoms with Gasteiger partial charge in [0.15, 0.2) is 0 Å². The van der Waals surface area contributed by atoms with E-state index in [1.54, 1.807) is 12.4 Å². The largest absolute Gasteiger partial charge is 0.351 e. The van der Waals surface area contributed by atoms with Crippen LogP contribution in [0.15, 0.2) is 18.5 Å².